The van der Waals surface area contributed by atoms with E-state index in [1.807, 2.05) is 0 Å². The van der Waals surface area contributed by atoms with Crippen LogP contribution < -0.4 is 91.0 Å². The molecule has 2 aromatic heterocycles. The molecule has 0 saturated heterocycles. The number of hydrogen-bond acceptors (Lipinski definition) is 12. The van der Waals surface area contributed by atoms with E-state index >= 15 is 0 Å². The number of carboxylic acid groups (broad SMARTS) is 2. The Morgan fingerprint density at radius 3 is 2.27 bits per heavy atom. The van der Waals surface area contributed by atoms with Crippen molar-refractivity contribution < 1.29 is 83.7 Å². The Morgan fingerprint density at radius 1 is 1.08 bits per heavy atom. The van der Waals surface area contributed by atoms with Gasteiger partial charge in [0.15, 0.2) is 17.0 Å². The summed E-state index contributed by atoms with van der Waals surface area (Å²) in [6, 6.07) is 1.04. The van der Waals surface area contributed by atoms with Crippen molar-refractivity contribution in [2.45, 2.75) is 25.4 Å². The second-order valence-electron chi connectivity index (χ2n) is 7.40. The first-order chi connectivity index (χ1) is 16.5. The first kappa shape index (κ1) is 33.1. The number of carbonyl (C=O) groups excluding carboxylic acids is 3. The van der Waals surface area contributed by atoms with Gasteiger partial charge in [-0.3, -0.25) is 4.79 Å². The molecule has 1 aromatic carbocycles. The molecule has 13 nitrogen and oxygen atoms in total. The number of hydrogen-bond donors (Lipinski definition) is 3. The van der Waals surface area contributed by atoms with Crippen LogP contribution in [0.2, 0.25) is 10.0 Å². The van der Waals surface area contributed by atoms with Gasteiger partial charge in [0.1, 0.15) is 0 Å². The van der Waals surface area contributed by atoms with Crippen LogP contribution in [0.3, 0.4) is 0 Å². The number of aliphatic carboxylic acids is 2. The van der Waals surface area contributed by atoms with Gasteiger partial charge in [0.2, 0.25) is 5.95 Å². The molecule has 184 valence electrons. The third-order valence-electron chi connectivity index (χ3n) is 4.79. The van der Waals surface area contributed by atoms with Crippen LogP contribution >= 0.6 is 23.2 Å². The Labute approximate surface area is 264 Å². The number of aromatic nitrogens is 4. The SMILES string of the molecule is CN(Cc1cnc2nc(N)nc(N)c2n1)c1c(Cl)cc(C(=O)NC(CCC(=O)[O-])C(=O)[O-])cc1Cl.[Na+].[Na+]. The van der Waals surface area contributed by atoms with E-state index in [9.17, 15) is 24.6 Å². The molecule has 0 aliphatic carbocycles. The van der Waals surface area contributed by atoms with Gasteiger partial charge in [0.05, 0.1) is 46.2 Å². The zero-order chi connectivity index (χ0) is 25.9. The summed E-state index contributed by atoms with van der Waals surface area (Å²) in [4.78, 5) is 52.4. The van der Waals surface area contributed by atoms with Crippen LogP contribution in [-0.4, -0.2) is 50.9 Å². The van der Waals surface area contributed by atoms with Crippen LogP contribution in [0.4, 0.5) is 17.5 Å². The second-order valence-corrected chi connectivity index (χ2v) is 8.22. The van der Waals surface area contributed by atoms with Gasteiger partial charge in [-0.15, -0.1) is 0 Å². The fourth-order valence-electron chi connectivity index (χ4n) is 3.19. The number of amides is 1. The number of fused-ring (bicyclic) bond motifs is 1. The molecule has 0 aliphatic heterocycles. The van der Waals surface area contributed by atoms with Gasteiger partial charge in [0, 0.05) is 18.6 Å². The molecular weight excluding hydrogens is 549 g/mol. The van der Waals surface area contributed by atoms with Crippen LogP contribution in [-0.2, 0) is 16.1 Å². The maximum absolute atomic E-state index is 12.5. The van der Waals surface area contributed by atoms with Crippen molar-refractivity contribution in [1.82, 2.24) is 25.3 Å². The number of halogens is 2. The molecule has 5 N–H and O–H groups in total. The maximum Gasteiger partial charge on any atom is 1.00 e. The van der Waals surface area contributed by atoms with E-state index in [0.717, 1.165) is 0 Å². The molecule has 1 unspecified atom stereocenters. The van der Waals surface area contributed by atoms with E-state index < -0.39 is 36.7 Å². The van der Waals surface area contributed by atoms with Crippen molar-refractivity contribution in [3.05, 3.63) is 39.6 Å². The number of nitrogens with one attached hydrogen (secondary N) is 1. The zero-order valence-corrected chi connectivity index (χ0v) is 25.6. The molecule has 0 bridgehead atoms. The molecule has 0 fully saturated rings. The molecule has 0 saturated carbocycles. The van der Waals surface area contributed by atoms with Crippen LogP contribution in [0, 0.1) is 0 Å². The van der Waals surface area contributed by atoms with Gasteiger partial charge in [-0.25, -0.2) is 9.97 Å². The Kier molecular flexibility index (Phi) is 12.7. The number of carbonyl (C=O) groups is 3. The van der Waals surface area contributed by atoms with Gasteiger partial charge in [0.25, 0.3) is 5.91 Å². The molecule has 37 heavy (non-hydrogen) atoms. The molecule has 0 aliphatic rings. The van der Waals surface area contributed by atoms with E-state index in [1.165, 1.54) is 18.3 Å². The van der Waals surface area contributed by atoms with E-state index in [4.69, 9.17) is 34.7 Å². The number of anilines is 3. The molecule has 0 radical (unpaired) electrons. The second kappa shape index (κ2) is 14.3. The van der Waals surface area contributed by atoms with Gasteiger partial charge in [-0.2, -0.15) is 9.97 Å². The first-order valence-corrected chi connectivity index (χ1v) is 10.7. The predicted octanol–water partition coefficient (Wildman–Crippen LogP) is -7.09. The van der Waals surface area contributed by atoms with Crippen molar-refractivity contribution >= 4 is 69.7 Å². The summed E-state index contributed by atoms with van der Waals surface area (Å²) in [7, 11) is 1.67. The number of nitrogens with two attached hydrogens (primary N) is 2. The Bertz CT molecular complexity index is 1310. The molecule has 2 heterocycles. The summed E-state index contributed by atoms with van der Waals surface area (Å²) < 4.78 is 0. The van der Waals surface area contributed by atoms with Crippen LogP contribution in [0.5, 0.6) is 0 Å². The summed E-state index contributed by atoms with van der Waals surface area (Å²) in [6.45, 7) is 0.188. The summed E-state index contributed by atoms with van der Waals surface area (Å²) >= 11 is 12.7. The van der Waals surface area contributed by atoms with Crippen molar-refractivity contribution in [2.24, 2.45) is 0 Å². The quantitative estimate of drug-likeness (QED) is 0.206. The zero-order valence-electron chi connectivity index (χ0n) is 20.1. The number of nitrogen functional groups attached to an aromatic ring is 2. The number of benzene rings is 1. The van der Waals surface area contributed by atoms with E-state index in [2.05, 4.69) is 25.3 Å². The minimum absolute atomic E-state index is 0. The minimum atomic E-state index is -1.64. The Hall–Kier alpha value is -1.97. The minimum Gasteiger partial charge on any atom is -0.550 e. The van der Waals surface area contributed by atoms with Crippen molar-refractivity contribution in [1.29, 1.82) is 0 Å². The molecule has 3 rings (SSSR count). The van der Waals surface area contributed by atoms with E-state index in [-0.39, 0.29) is 104 Å². The molecule has 1 atom stereocenters. The molecule has 3 aromatic rings. The van der Waals surface area contributed by atoms with Crippen LogP contribution in [0.25, 0.3) is 11.2 Å². The van der Waals surface area contributed by atoms with E-state index in [1.54, 1.807) is 11.9 Å². The third-order valence-corrected chi connectivity index (χ3v) is 5.36. The molecule has 0 spiro atoms. The van der Waals surface area contributed by atoms with Crippen molar-refractivity contribution in [3.8, 4) is 0 Å². The summed E-state index contributed by atoms with van der Waals surface area (Å²) in [5.41, 5.74) is 12.7. The van der Waals surface area contributed by atoms with Gasteiger partial charge < -0.3 is 41.5 Å². The fraction of sp³-hybridized carbons (Fsp3) is 0.250. The standard InChI is InChI=1S/C20H20Cl2N8O5.2Na/c1-30(7-9-6-25-17-14(26-9)16(23)28-20(24)29-17)15-10(21)4-8(5-11(15)22)18(33)27-12(19(34)35)2-3-13(31)32;;/h4-6,12H,2-3,7H2,1H3,(H,27,33)(H,31,32)(H,34,35)(H4,23,24,25,28,29);;/q;2*+1/p-2. The third kappa shape index (κ3) is 8.52. The van der Waals surface area contributed by atoms with E-state index in [0.29, 0.717) is 11.4 Å². The largest absolute Gasteiger partial charge is 1.00 e. The molecule has 17 heteroatoms. The number of rotatable bonds is 9. The van der Waals surface area contributed by atoms with Crippen molar-refractivity contribution in [3.63, 3.8) is 0 Å². The van der Waals surface area contributed by atoms with Crippen LogP contribution in [0.15, 0.2) is 18.3 Å². The average Bonchev–Trinajstić information content (AvgIpc) is 2.75. The Balaban J connectivity index is 0.00000342. The Morgan fingerprint density at radius 2 is 1.70 bits per heavy atom. The van der Waals surface area contributed by atoms with Crippen LogP contribution in [0.1, 0.15) is 28.9 Å². The van der Waals surface area contributed by atoms with Gasteiger partial charge in [-0.1, -0.05) is 23.2 Å². The molecular formula is C20H18Cl2N8Na2O5. The summed E-state index contributed by atoms with van der Waals surface area (Å²) in [5, 5.41) is 24.2. The average molecular weight is 567 g/mol. The smallest absolute Gasteiger partial charge is 0.550 e. The van der Waals surface area contributed by atoms with Gasteiger partial charge >= 0.3 is 59.1 Å². The summed E-state index contributed by atoms with van der Waals surface area (Å²) in [6.07, 6.45) is 0.488. The predicted molar refractivity (Wildman–Crippen MR) is 123 cm³/mol. The molecule has 1 amide bonds. The topological polar surface area (TPSA) is 216 Å². The van der Waals surface area contributed by atoms with Crippen molar-refractivity contribution in [2.75, 3.05) is 23.4 Å². The maximum atomic E-state index is 12.5. The number of carboxylic acids is 2. The summed E-state index contributed by atoms with van der Waals surface area (Å²) in [5.74, 6) is -3.88. The fourth-order valence-corrected chi connectivity index (χ4v) is 3.97. The first-order valence-electron chi connectivity index (χ1n) is 9.92. The monoisotopic (exact) mass is 566 g/mol. The van der Waals surface area contributed by atoms with Gasteiger partial charge in [-0.05, 0) is 25.0 Å². The number of nitrogens with zero attached hydrogens (tertiary/aromatic N) is 5. The normalized spacial score (nSPS) is 11.1.